The van der Waals surface area contributed by atoms with Crippen LogP contribution in [0.3, 0.4) is 0 Å². The lowest BCUT2D eigenvalue weighted by atomic mass is 10.2. The molecule has 0 heterocycles. The van der Waals surface area contributed by atoms with E-state index in [2.05, 4.69) is 4.89 Å². The number of benzene rings is 2. The molecule has 1 N–H and O–H groups in total. The van der Waals surface area contributed by atoms with Crippen molar-refractivity contribution in [3.63, 3.8) is 0 Å². The molecule has 6 nitrogen and oxygen atoms in total. The molecule has 0 saturated carbocycles. The number of non-ortho nitro benzene ring substituents is 1. The number of nitrogens with zero attached hydrogens (tertiary/aromatic N) is 1. The quantitative estimate of drug-likeness (QED) is 0.654. The maximum atomic E-state index is 11.8. The lowest BCUT2D eigenvalue weighted by Crippen LogP contribution is -2.17. The van der Waals surface area contributed by atoms with Gasteiger partial charge in [-0.05, 0) is 17.7 Å². The molecule has 2 aromatic carbocycles. The van der Waals surface area contributed by atoms with Crippen LogP contribution in [0.1, 0.15) is 5.56 Å². The van der Waals surface area contributed by atoms with Crippen molar-refractivity contribution in [2.75, 3.05) is 0 Å². The van der Waals surface area contributed by atoms with E-state index in [0.29, 0.717) is 4.90 Å². The number of nitro groups is 1. The molecular weight excluding hydrogens is 280 g/mol. The lowest BCUT2D eigenvalue weighted by Gasteiger charge is -2.05. The maximum Gasteiger partial charge on any atom is 0.269 e. The van der Waals surface area contributed by atoms with Crippen molar-refractivity contribution in [2.24, 2.45) is 0 Å². The number of hydrogen-bond acceptors (Lipinski definition) is 4. The molecule has 2 aromatic rings. The largest absolute Gasteiger partial charge is 0.284 e. The minimum Gasteiger partial charge on any atom is -0.284 e. The van der Waals surface area contributed by atoms with Crippen LogP contribution >= 0.6 is 0 Å². The topological polar surface area (TPSA) is 81.5 Å². The molecule has 0 aliphatic carbocycles. The summed E-state index contributed by atoms with van der Waals surface area (Å²) in [5.74, 6) is 0. The fraction of sp³-hybridized carbons (Fsp3) is 0.0769. The molecule has 0 bridgehead atoms. The molecule has 7 heteroatoms. The van der Waals surface area contributed by atoms with Gasteiger partial charge < -0.3 is 0 Å². The van der Waals surface area contributed by atoms with Crippen LogP contribution in [0.2, 0.25) is 0 Å². The van der Waals surface area contributed by atoms with Gasteiger partial charge in [0, 0.05) is 12.1 Å². The Morgan fingerprint density at radius 1 is 1.10 bits per heavy atom. The molecule has 20 heavy (non-hydrogen) atoms. The summed E-state index contributed by atoms with van der Waals surface area (Å²) >= 11 is 0. The van der Waals surface area contributed by atoms with Crippen LogP contribution in [-0.2, 0) is 22.4 Å². The Balaban J connectivity index is 1.87. The van der Waals surface area contributed by atoms with E-state index in [1.807, 2.05) is 30.3 Å². The predicted octanol–water partition coefficient (Wildman–Crippen LogP) is 2.34. The summed E-state index contributed by atoms with van der Waals surface area (Å²) in [6.07, 6.45) is 0. The van der Waals surface area contributed by atoms with E-state index in [-0.39, 0.29) is 12.3 Å². The first-order chi connectivity index (χ1) is 9.66. The molecule has 0 saturated heterocycles. The molecule has 0 aliphatic heterocycles. The molecule has 1 atom stereocenters. The minimum absolute atomic E-state index is 0.0454. The average Bonchev–Trinajstić information content (AvgIpc) is 2.48. The first-order valence-corrected chi connectivity index (χ1v) is 6.89. The van der Waals surface area contributed by atoms with E-state index >= 15 is 0 Å². The highest BCUT2D eigenvalue weighted by Crippen LogP contribution is 2.13. The summed E-state index contributed by atoms with van der Waals surface area (Å²) in [6, 6.07) is 14.9. The Bertz CT molecular complexity index is 602. The Morgan fingerprint density at radius 3 is 2.35 bits per heavy atom. The third-order valence-electron chi connectivity index (χ3n) is 2.48. The smallest absolute Gasteiger partial charge is 0.269 e. The first kappa shape index (κ1) is 14.3. The van der Waals surface area contributed by atoms with E-state index in [1.165, 1.54) is 24.3 Å². The van der Waals surface area contributed by atoms with Crippen LogP contribution in [-0.4, -0.2) is 9.13 Å². The van der Waals surface area contributed by atoms with Gasteiger partial charge in [-0.1, -0.05) is 30.3 Å². The van der Waals surface area contributed by atoms with Gasteiger partial charge in [-0.2, -0.15) is 0 Å². The molecule has 0 amide bonds. The zero-order valence-corrected chi connectivity index (χ0v) is 11.2. The third-order valence-corrected chi connectivity index (χ3v) is 3.45. The van der Waals surface area contributed by atoms with Crippen molar-refractivity contribution in [2.45, 2.75) is 11.5 Å². The molecule has 0 aromatic heterocycles. The predicted molar refractivity (Wildman–Crippen MR) is 73.9 cm³/mol. The van der Waals surface area contributed by atoms with Crippen LogP contribution in [0, 0.1) is 10.1 Å². The van der Waals surface area contributed by atoms with Gasteiger partial charge in [-0.25, -0.2) is 4.21 Å². The highest BCUT2D eigenvalue weighted by atomic mass is 32.2. The van der Waals surface area contributed by atoms with Crippen molar-refractivity contribution in [3.8, 4) is 0 Å². The monoisotopic (exact) mass is 292 g/mol. The number of nitrogens with one attached hydrogen (secondary N) is 1. The summed E-state index contributed by atoms with van der Waals surface area (Å²) in [6.45, 7) is 0.277. The molecule has 0 radical (unpaired) electrons. The molecule has 0 aliphatic rings. The molecule has 2 rings (SSSR count). The fourth-order valence-corrected chi connectivity index (χ4v) is 2.13. The summed E-state index contributed by atoms with van der Waals surface area (Å²) in [7, 11) is -1.57. The average molecular weight is 292 g/mol. The summed E-state index contributed by atoms with van der Waals surface area (Å²) < 4.78 is 11.8. The third kappa shape index (κ3) is 3.95. The van der Waals surface area contributed by atoms with Crippen LogP contribution in [0.15, 0.2) is 59.5 Å². The van der Waals surface area contributed by atoms with Gasteiger partial charge in [0.15, 0.2) is 0 Å². The van der Waals surface area contributed by atoms with Gasteiger partial charge in [0.2, 0.25) is 0 Å². The van der Waals surface area contributed by atoms with E-state index in [9.17, 15) is 14.3 Å². The summed E-state index contributed by atoms with van der Waals surface area (Å²) in [5, 5.41) is 10.5. The number of rotatable bonds is 6. The van der Waals surface area contributed by atoms with Gasteiger partial charge in [-0.15, -0.1) is 4.89 Å². The number of hydrogen-bond donors (Lipinski definition) is 1. The van der Waals surface area contributed by atoms with Crippen molar-refractivity contribution in [3.05, 3.63) is 70.3 Å². The molecule has 0 spiro atoms. The molecule has 0 unspecified atom stereocenters. The van der Waals surface area contributed by atoms with Crippen molar-refractivity contribution in [1.29, 1.82) is 0 Å². The lowest BCUT2D eigenvalue weighted by molar-refractivity contribution is -0.384. The van der Waals surface area contributed by atoms with E-state index in [0.717, 1.165) is 5.56 Å². The highest BCUT2D eigenvalue weighted by molar-refractivity contribution is 7.82. The van der Waals surface area contributed by atoms with Gasteiger partial charge in [0.1, 0.15) is 11.0 Å². The zero-order valence-electron chi connectivity index (χ0n) is 10.4. The van der Waals surface area contributed by atoms with E-state index in [1.54, 1.807) is 0 Å². The van der Waals surface area contributed by atoms with Crippen LogP contribution in [0.4, 0.5) is 5.69 Å². The van der Waals surface area contributed by atoms with Crippen LogP contribution in [0.5, 0.6) is 0 Å². The second-order valence-corrected chi connectivity index (χ2v) is 5.05. The van der Waals surface area contributed by atoms with Crippen molar-refractivity contribution in [1.82, 2.24) is 4.89 Å². The fourth-order valence-electron chi connectivity index (χ4n) is 1.48. The molecule has 104 valence electrons. The Hall–Kier alpha value is -2.09. The highest BCUT2D eigenvalue weighted by Gasteiger charge is 2.08. The van der Waals surface area contributed by atoms with Crippen molar-refractivity contribution >= 4 is 16.7 Å². The van der Waals surface area contributed by atoms with Gasteiger partial charge >= 0.3 is 0 Å². The zero-order chi connectivity index (χ0) is 14.4. The number of nitro benzene ring substituents is 1. The Kier molecular flexibility index (Phi) is 4.94. The van der Waals surface area contributed by atoms with E-state index in [4.69, 9.17) is 4.84 Å². The van der Waals surface area contributed by atoms with Gasteiger partial charge in [-0.3, -0.25) is 15.0 Å². The van der Waals surface area contributed by atoms with Crippen LogP contribution in [0.25, 0.3) is 0 Å². The van der Waals surface area contributed by atoms with Crippen LogP contribution < -0.4 is 4.89 Å². The van der Waals surface area contributed by atoms with Gasteiger partial charge in [0.05, 0.1) is 16.4 Å². The normalized spacial score (nSPS) is 12.0. The van der Waals surface area contributed by atoms with E-state index < -0.39 is 15.9 Å². The minimum atomic E-state index is -1.57. The second-order valence-electron chi connectivity index (χ2n) is 3.88. The standard InChI is InChI=1S/C13H12N2O4S/c16-15(17)12-6-8-13(9-7-12)20(18)14-19-10-11-4-2-1-3-5-11/h1-9,14H,10H2/t20-/m0/s1. The second kappa shape index (κ2) is 6.90. The maximum absolute atomic E-state index is 11.8. The molecule has 0 fully saturated rings. The molecular formula is C13H12N2O4S. The van der Waals surface area contributed by atoms with Gasteiger partial charge in [0.25, 0.3) is 5.69 Å². The Morgan fingerprint density at radius 2 is 1.75 bits per heavy atom. The summed E-state index contributed by atoms with van der Waals surface area (Å²) in [5.41, 5.74) is 0.900. The van der Waals surface area contributed by atoms with Crippen molar-refractivity contribution < 1.29 is 14.0 Å². The SMILES string of the molecule is O=[N+]([O-])c1ccc([S@](=O)NOCc2ccccc2)cc1. The summed E-state index contributed by atoms with van der Waals surface area (Å²) in [4.78, 5) is 17.9. The first-order valence-electron chi connectivity index (χ1n) is 5.74. The Labute approximate surface area is 118 Å².